The molecule has 1 aliphatic rings. The van der Waals surface area contributed by atoms with E-state index in [1.165, 1.54) is 6.07 Å². The number of amides is 1. The lowest BCUT2D eigenvalue weighted by Crippen LogP contribution is -2.33. The van der Waals surface area contributed by atoms with Crippen LogP contribution in [0.3, 0.4) is 0 Å². The Labute approximate surface area is 220 Å². The summed E-state index contributed by atoms with van der Waals surface area (Å²) in [5.74, 6) is -0.751. The van der Waals surface area contributed by atoms with Crippen LogP contribution in [0.5, 0.6) is 0 Å². The molecule has 2 N–H and O–H groups in total. The summed E-state index contributed by atoms with van der Waals surface area (Å²) in [5.41, 5.74) is 5.21. The van der Waals surface area contributed by atoms with E-state index in [-0.39, 0.29) is 30.1 Å². The summed E-state index contributed by atoms with van der Waals surface area (Å²) < 4.78 is 16.2. The van der Waals surface area contributed by atoms with Crippen LogP contribution in [-0.4, -0.2) is 37.0 Å². The van der Waals surface area contributed by atoms with Crippen LogP contribution in [0.4, 0.5) is 10.1 Å². The summed E-state index contributed by atoms with van der Waals surface area (Å²) in [5, 5.41) is 6.64. The van der Waals surface area contributed by atoms with E-state index >= 15 is 0 Å². The second kappa shape index (κ2) is 10.5. The van der Waals surface area contributed by atoms with Gasteiger partial charge in [0.1, 0.15) is 5.82 Å². The molecular formula is C28H27FN6OS. The number of anilines is 1. The molecular weight excluding hydrogens is 487 g/mol. The Balaban J connectivity index is 1.47. The van der Waals surface area contributed by atoms with Crippen molar-refractivity contribution in [2.24, 2.45) is 0 Å². The smallest absolute Gasteiger partial charge is 0.226 e. The average molecular weight is 515 g/mol. The first-order valence-corrected chi connectivity index (χ1v) is 12.5. The van der Waals surface area contributed by atoms with E-state index in [1.54, 1.807) is 30.6 Å². The minimum atomic E-state index is -0.467. The van der Waals surface area contributed by atoms with Gasteiger partial charge in [-0.05, 0) is 74.1 Å². The lowest BCUT2D eigenvalue weighted by molar-refractivity contribution is -0.116. The number of halogens is 1. The molecule has 4 aromatic rings. The zero-order valence-electron chi connectivity index (χ0n) is 20.6. The van der Waals surface area contributed by atoms with Gasteiger partial charge in [-0.3, -0.25) is 14.8 Å². The Morgan fingerprint density at radius 1 is 1.11 bits per heavy atom. The van der Waals surface area contributed by atoms with Gasteiger partial charge in [-0.1, -0.05) is 18.2 Å². The third-order valence-electron chi connectivity index (χ3n) is 6.62. The normalized spacial score (nSPS) is 17.1. The lowest BCUT2D eigenvalue weighted by atomic mass is 9.96. The molecule has 0 radical (unpaired) electrons. The average Bonchev–Trinajstić information content (AvgIpc) is 3.39. The zero-order chi connectivity index (χ0) is 25.9. The van der Waals surface area contributed by atoms with Crippen LogP contribution in [0.25, 0.3) is 5.69 Å². The van der Waals surface area contributed by atoms with Gasteiger partial charge in [-0.2, -0.15) is 0 Å². The van der Waals surface area contributed by atoms with Gasteiger partial charge in [-0.25, -0.2) is 4.39 Å². The van der Waals surface area contributed by atoms with Crippen LogP contribution in [0, 0.1) is 19.7 Å². The second-order valence-electron chi connectivity index (χ2n) is 8.97. The van der Waals surface area contributed by atoms with Crippen molar-refractivity contribution in [1.29, 1.82) is 0 Å². The summed E-state index contributed by atoms with van der Waals surface area (Å²) in [4.78, 5) is 23.7. The summed E-state index contributed by atoms with van der Waals surface area (Å²) in [6.07, 6.45) is 5.49. The Bertz CT molecular complexity index is 1430. The zero-order valence-corrected chi connectivity index (χ0v) is 21.4. The number of benzene rings is 1. The quantitative estimate of drug-likeness (QED) is 0.337. The fraction of sp³-hybridized carbons (Fsp3) is 0.214. The number of nitrogens with zero attached hydrogens (tertiary/aromatic N) is 4. The molecule has 7 nitrogen and oxygen atoms in total. The first kappa shape index (κ1) is 24.6. The highest BCUT2D eigenvalue weighted by atomic mass is 32.1. The summed E-state index contributed by atoms with van der Waals surface area (Å²) in [7, 11) is 0. The number of aryl methyl sites for hydroxylation is 1. The van der Waals surface area contributed by atoms with E-state index in [4.69, 9.17) is 12.2 Å². The molecule has 1 saturated heterocycles. The molecule has 1 aliphatic heterocycles. The number of pyridine rings is 2. The summed E-state index contributed by atoms with van der Waals surface area (Å²) in [6.45, 7) is 4.50. The number of aromatic nitrogens is 3. The molecule has 4 heterocycles. The van der Waals surface area contributed by atoms with Crippen LogP contribution in [-0.2, 0) is 4.79 Å². The lowest BCUT2D eigenvalue weighted by Gasteiger charge is -2.28. The standard InChI is InChI=1S/C28H27FN6OS/c1-18-16-21(19(2)35(18)20-8-7-13-30-17-20)27-26(24-11-5-6-14-31-24)33-28(37)34(27)15-12-25(36)32-23-10-4-3-9-22(23)29/h3-11,13-14,16-17,26-27H,12,15H2,1-2H3,(H,32,36)(H,33,37)/t26-,27+/m0/s1. The van der Waals surface area contributed by atoms with Crippen molar-refractivity contribution in [3.8, 4) is 5.69 Å². The van der Waals surface area contributed by atoms with E-state index in [2.05, 4.69) is 45.1 Å². The van der Waals surface area contributed by atoms with Gasteiger partial charge in [0, 0.05) is 36.7 Å². The van der Waals surface area contributed by atoms with E-state index in [0.717, 1.165) is 28.3 Å². The maximum atomic E-state index is 14.0. The number of thiocarbonyl (C=S) groups is 1. The van der Waals surface area contributed by atoms with Crippen LogP contribution in [0.1, 0.15) is 41.1 Å². The molecule has 188 valence electrons. The van der Waals surface area contributed by atoms with Crippen molar-refractivity contribution < 1.29 is 9.18 Å². The van der Waals surface area contributed by atoms with E-state index in [1.807, 2.05) is 41.4 Å². The molecule has 0 aliphatic carbocycles. The van der Waals surface area contributed by atoms with Crippen molar-refractivity contribution in [1.82, 2.24) is 24.8 Å². The summed E-state index contributed by atoms with van der Waals surface area (Å²) >= 11 is 5.75. The largest absolute Gasteiger partial charge is 0.352 e. The maximum Gasteiger partial charge on any atom is 0.226 e. The molecule has 1 aromatic carbocycles. The fourth-order valence-electron chi connectivity index (χ4n) is 4.95. The van der Waals surface area contributed by atoms with Gasteiger partial charge >= 0.3 is 0 Å². The van der Waals surface area contributed by atoms with Crippen LogP contribution in [0.15, 0.2) is 79.3 Å². The van der Waals surface area contributed by atoms with Gasteiger partial charge in [0.25, 0.3) is 0 Å². The molecule has 3 aromatic heterocycles. The maximum absolute atomic E-state index is 14.0. The fourth-order valence-corrected chi connectivity index (χ4v) is 5.28. The predicted molar refractivity (Wildman–Crippen MR) is 145 cm³/mol. The van der Waals surface area contributed by atoms with Crippen LogP contribution in [0.2, 0.25) is 0 Å². The highest BCUT2D eigenvalue weighted by Crippen LogP contribution is 2.41. The molecule has 0 saturated carbocycles. The van der Waals surface area contributed by atoms with Crippen LogP contribution >= 0.6 is 12.2 Å². The van der Waals surface area contributed by atoms with Gasteiger partial charge < -0.3 is 20.1 Å². The monoisotopic (exact) mass is 514 g/mol. The van der Waals surface area contributed by atoms with Gasteiger partial charge in [0.15, 0.2) is 5.11 Å². The van der Waals surface area contributed by atoms with Gasteiger partial charge in [0.05, 0.1) is 35.3 Å². The minimum absolute atomic E-state index is 0.142. The number of hydrogen-bond acceptors (Lipinski definition) is 4. The van der Waals surface area contributed by atoms with Crippen LogP contribution < -0.4 is 10.6 Å². The highest BCUT2D eigenvalue weighted by molar-refractivity contribution is 7.80. The van der Waals surface area contributed by atoms with Gasteiger partial charge in [0.2, 0.25) is 5.91 Å². The van der Waals surface area contributed by atoms with Crippen molar-refractivity contribution in [3.05, 3.63) is 108 Å². The third kappa shape index (κ3) is 4.95. The number of carbonyl (C=O) groups excluding carboxylic acids is 1. The molecule has 1 fully saturated rings. The van der Waals surface area contributed by atoms with E-state index < -0.39 is 5.82 Å². The molecule has 5 rings (SSSR count). The SMILES string of the molecule is Cc1cc([C@@H]2[C@H](c3ccccn3)NC(=S)N2CCC(=O)Nc2ccccc2F)c(C)n1-c1cccnc1. The number of nitrogens with one attached hydrogen (secondary N) is 2. The molecule has 0 unspecified atom stereocenters. The van der Waals surface area contributed by atoms with Crippen molar-refractivity contribution in [2.45, 2.75) is 32.4 Å². The van der Waals surface area contributed by atoms with Crippen molar-refractivity contribution in [2.75, 3.05) is 11.9 Å². The Kier molecular flexibility index (Phi) is 6.96. The molecule has 0 bridgehead atoms. The number of carbonyl (C=O) groups is 1. The van der Waals surface area contributed by atoms with E-state index in [0.29, 0.717) is 11.7 Å². The minimum Gasteiger partial charge on any atom is -0.352 e. The van der Waals surface area contributed by atoms with E-state index in [9.17, 15) is 9.18 Å². The second-order valence-corrected chi connectivity index (χ2v) is 9.36. The molecule has 37 heavy (non-hydrogen) atoms. The van der Waals surface area contributed by atoms with Gasteiger partial charge in [-0.15, -0.1) is 0 Å². The van der Waals surface area contributed by atoms with Crippen molar-refractivity contribution >= 4 is 28.9 Å². The predicted octanol–water partition coefficient (Wildman–Crippen LogP) is 5.02. The molecule has 0 spiro atoms. The summed E-state index contributed by atoms with van der Waals surface area (Å²) in [6, 6.07) is 17.6. The number of para-hydroxylation sites is 1. The Morgan fingerprint density at radius 2 is 1.92 bits per heavy atom. The highest BCUT2D eigenvalue weighted by Gasteiger charge is 2.41. The Hall–Kier alpha value is -4.11. The number of rotatable bonds is 7. The molecule has 1 amide bonds. The first-order chi connectivity index (χ1) is 17.9. The number of hydrogen-bond donors (Lipinski definition) is 2. The molecule has 2 atom stereocenters. The first-order valence-electron chi connectivity index (χ1n) is 12.1. The van der Waals surface area contributed by atoms with Crippen molar-refractivity contribution in [3.63, 3.8) is 0 Å². The third-order valence-corrected chi connectivity index (χ3v) is 6.97. The topological polar surface area (TPSA) is 75.1 Å². The Morgan fingerprint density at radius 3 is 2.65 bits per heavy atom. The molecule has 9 heteroatoms.